The van der Waals surface area contributed by atoms with Crippen molar-refractivity contribution in [3.8, 4) is 56.7 Å². The maximum absolute atomic E-state index is 6.37. The third-order valence-corrected chi connectivity index (χ3v) is 8.16. The molecule has 0 N–H and O–H groups in total. The van der Waals surface area contributed by atoms with Crippen LogP contribution < -0.4 is 0 Å². The van der Waals surface area contributed by atoms with Gasteiger partial charge >= 0.3 is 0 Å². The molecule has 0 amide bonds. The molecule has 46 heavy (non-hydrogen) atoms. The van der Waals surface area contributed by atoms with Crippen LogP contribution in [0.4, 0.5) is 0 Å². The molecule has 0 unspecified atom stereocenters. The Hall–Kier alpha value is -6.40. The summed E-state index contributed by atoms with van der Waals surface area (Å²) in [6.45, 7) is 0. The van der Waals surface area contributed by atoms with Crippen LogP contribution in [0.3, 0.4) is 0 Å². The van der Waals surface area contributed by atoms with Crippen LogP contribution in [0.15, 0.2) is 154 Å². The van der Waals surface area contributed by atoms with E-state index in [0.29, 0.717) is 28.9 Å². The smallest absolute Gasteiger partial charge is 0.227 e. The van der Waals surface area contributed by atoms with Crippen molar-refractivity contribution in [3.63, 3.8) is 0 Å². The highest BCUT2D eigenvalue weighted by atomic mass is 16.4. The molecule has 0 saturated heterocycles. The molecule has 6 nitrogen and oxygen atoms in total. The first-order valence-electron chi connectivity index (χ1n) is 15.1. The van der Waals surface area contributed by atoms with Gasteiger partial charge in [-0.3, -0.25) is 0 Å². The molecule has 0 bridgehead atoms. The maximum Gasteiger partial charge on any atom is 0.227 e. The van der Waals surface area contributed by atoms with E-state index in [-0.39, 0.29) is 0 Å². The lowest BCUT2D eigenvalue weighted by atomic mass is 9.97. The zero-order valence-electron chi connectivity index (χ0n) is 24.5. The minimum absolute atomic E-state index is 0.586. The first-order chi connectivity index (χ1) is 22.8. The van der Waals surface area contributed by atoms with E-state index in [9.17, 15) is 0 Å². The molecule has 3 heterocycles. The van der Waals surface area contributed by atoms with Crippen molar-refractivity contribution in [2.45, 2.75) is 0 Å². The summed E-state index contributed by atoms with van der Waals surface area (Å²) in [5.41, 5.74) is 8.79. The van der Waals surface area contributed by atoms with Crippen molar-refractivity contribution in [2.75, 3.05) is 0 Å². The SMILES string of the molecule is c1ccc(-c2nc(-c3ccccc3)nc(-c3cccc(-c4cccc5oc6cc7nc(-c8ccccc8)oc7cc6c45)c3)n2)cc1. The molecule has 0 fully saturated rings. The highest BCUT2D eigenvalue weighted by Gasteiger charge is 2.18. The van der Waals surface area contributed by atoms with Crippen LogP contribution in [0.5, 0.6) is 0 Å². The molecular formula is C40H24N4O2. The summed E-state index contributed by atoms with van der Waals surface area (Å²) >= 11 is 0. The quantitative estimate of drug-likeness (QED) is 0.198. The molecule has 0 spiro atoms. The molecule has 6 aromatic carbocycles. The Morgan fingerprint density at radius 1 is 0.370 bits per heavy atom. The van der Waals surface area contributed by atoms with Crippen molar-refractivity contribution in [1.82, 2.24) is 19.9 Å². The van der Waals surface area contributed by atoms with Crippen molar-refractivity contribution in [2.24, 2.45) is 0 Å². The van der Waals surface area contributed by atoms with Gasteiger partial charge in [0, 0.05) is 39.1 Å². The summed E-state index contributed by atoms with van der Waals surface area (Å²) in [5, 5.41) is 1.98. The zero-order chi connectivity index (χ0) is 30.5. The van der Waals surface area contributed by atoms with Gasteiger partial charge < -0.3 is 8.83 Å². The standard InChI is InChI=1S/C40H24N4O2/c1-4-12-25(13-5-1)37-42-38(26-14-6-2-7-15-26)44-39(43-37)29-19-10-18-28(22-29)30-20-11-21-33-36(30)31-23-35-32(24-34(31)45-33)41-40(46-35)27-16-8-3-9-17-27/h1-24H. The molecular weight excluding hydrogens is 568 g/mol. The van der Waals surface area contributed by atoms with Gasteiger partial charge in [-0.25, -0.2) is 19.9 Å². The second-order valence-corrected chi connectivity index (χ2v) is 11.1. The summed E-state index contributed by atoms with van der Waals surface area (Å²) in [5.74, 6) is 2.45. The summed E-state index contributed by atoms with van der Waals surface area (Å²) in [6, 6.07) is 48.4. The summed E-state index contributed by atoms with van der Waals surface area (Å²) < 4.78 is 12.6. The average Bonchev–Trinajstić information content (AvgIpc) is 3.72. The number of nitrogens with zero attached hydrogens (tertiary/aromatic N) is 4. The van der Waals surface area contributed by atoms with E-state index in [4.69, 9.17) is 28.8 Å². The largest absolute Gasteiger partial charge is 0.456 e. The molecule has 0 aliphatic carbocycles. The fourth-order valence-electron chi connectivity index (χ4n) is 5.96. The molecule has 0 aliphatic rings. The second-order valence-electron chi connectivity index (χ2n) is 11.1. The minimum atomic E-state index is 0.586. The van der Waals surface area contributed by atoms with Crippen LogP contribution in [0.2, 0.25) is 0 Å². The van der Waals surface area contributed by atoms with E-state index in [1.807, 2.05) is 127 Å². The van der Waals surface area contributed by atoms with Gasteiger partial charge in [0.1, 0.15) is 16.7 Å². The fourth-order valence-corrected chi connectivity index (χ4v) is 5.96. The van der Waals surface area contributed by atoms with Gasteiger partial charge in [-0.15, -0.1) is 0 Å². The Morgan fingerprint density at radius 3 is 1.61 bits per heavy atom. The first-order valence-corrected chi connectivity index (χ1v) is 15.1. The van der Waals surface area contributed by atoms with Crippen molar-refractivity contribution in [1.29, 1.82) is 0 Å². The minimum Gasteiger partial charge on any atom is -0.456 e. The monoisotopic (exact) mass is 592 g/mol. The van der Waals surface area contributed by atoms with Gasteiger partial charge in [-0.2, -0.15) is 0 Å². The Kier molecular flexibility index (Phi) is 6.03. The maximum atomic E-state index is 6.37. The van der Waals surface area contributed by atoms with Crippen LogP contribution >= 0.6 is 0 Å². The third-order valence-electron chi connectivity index (χ3n) is 8.16. The molecule has 0 saturated carbocycles. The molecule has 216 valence electrons. The highest BCUT2D eigenvalue weighted by molar-refractivity contribution is 6.15. The van der Waals surface area contributed by atoms with Crippen LogP contribution in [0, 0.1) is 0 Å². The van der Waals surface area contributed by atoms with E-state index < -0.39 is 0 Å². The van der Waals surface area contributed by atoms with Crippen molar-refractivity contribution < 1.29 is 8.83 Å². The van der Waals surface area contributed by atoms with E-state index in [1.165, 1.54) is 0 Å². The topological polar surface area (TPSA) is 77.8 Å². The van der Waals surface area contributed by atoms with Crippen LogP contribution in [0.25, 0.3) is 89.8 Å². The van der Waals surface area contributed by atoms with Gasteiger partial charge in [0.2, 0.25) is 5.89 Å². The van der Waals surface area contributed by atoms with E-state index >= 15 is 0 Å². The molecule has 3 aromatic heterocycles. The Balaban J connectivity index is 1.19. The number of benzene rings is 6. The highest BCUT2D eigenvalue weighted by Crippen LogP contribution is 2.40. The molecule has 9 aromatic rings. The second kappa shape index (κ2) is 10.6. The normalized spacial score (nSPS) is 11.5. The van der Waals surface area contributed by atoms with E-state index in [0.717, 1.165) is 60.8 Å². The van der Waals surface area contributed by atoms with Gasteiger partial charge in [0.15, 0.2) is 23.1 Å². The lowest BCUT2D eigenvalue weighted by molar-refractivity contribution is 0.620. The number of aromatic nitrogens is 4. The molecule has 6 heteroatoms. The third kappa shape index (κ3) is 4.52. The lowest BCUT2D eigenvalue weighted by Gasteiger charge is -2.10. The number of rotatable bonds is 5. The fraction of sp³-hybridized carbons (Fsp3) is 0. The summed E-state index contributed by atoms with van der Waals surface area (Å²) in [6.07, 6.45) is 0. The molecule has 0 atom stereocenters. The number of fused-ring (bicyclic) bond motifs is 4. The number of hydrogen-bond acceptors (Lipinski definition) is 6. The predicted octanol–water partition coefficient (Wildman–Crippen LogP) is 10.2. The Morgan fingerprint density at radius 2 is 0.935 bits per heavy atom. The van der Waals surface area contributed by atoms with E-state index in [2.05, 4.69) is 18.2 Å². The number of hydrogen-bond donors (Lipinski definition) is 0. The number of furan rings is 1. The van der Waals surface area contributed by atoms with Gasteiger partial charge in [0.25, 0.3) is 0 Å². The van der Waals surface area contributed by atoms with Crippen LogP contribution in [-0.4, -0.2) is 19.9 Å². The summed E-state index contributed by atoms with van der Waals surface area (Å²) in [4.78, 5) is 19.5. The lowest BCUT2D eigenvalue weighted by Crippen LogP contribution is -2.00. The number of oxazole rings is 1. The molecule has 9 rings (SSSR count). The summed E-state index contributed by atoms with van der Waals surface area (Å²) in [7, 11) is 0. The Bertz CT molecular complexity index is 2460. The first kappa shape index (κ1) is 26.0. The van der Waals surface area contributed by atoms with E-state index in [1.54, 1.807) is 0 Å². The van der Waals surface area contributed by atoms with Crippen LogP contribution in [-0.2, 0) is 0 Å². The Labute approximate surface area is 263 Å². The molecule has 0 aliphatic heterocycles. The zero-order valence-corrected chi connectivity index (χ0v) is 24.5. The molecule has 0 radical (unpaired) electrons. The predicted molar refractivity (Wildman–Crippen MR) is 182 cm³/mol. The van der Waals surface area contributed by atoms with Crippen molar-refractivity contribution in [3.05, 3.63) is 146 Å². The van der Waals surface area contributed by atoms with Gasteiger partial charge in [0.05, 0.1) is 0 Å². The van der Waals surface area contributed by atoms with Gasteiger partial charge in [-0.05, 0) is 41.5 Å². The van der Waals surface area contributed by atoms with Gasteiger partial charge in [-0.1, -0.05) is 109 Å². The average molecular weight is 593 g/mol. The van der Waals surface area contributed by atoms with Crippen LogP contribution in [0.1, 0.15) is 0 Å². The van der Waals surface area contributed by atoms with Crippen molar-refractivity contribution >= 4 is 33.0 Å².